The molecule has 0 bridgehead atoms. The van der Waals surface area contributed by atoms with Gasteiger partial charge in [0, 0.05) is 40.7 Å². The molecule has 0 aliphatic heterocycles. The molecule has 1 amide bonds. The number of rotatable bonds is 9. The second-order valence-corrected chi connectivity index (χ2v) is 3.95. The van der Waals surface area contributed by atoms with Crippen LogP contribution in [0.3, 0.4) is 0 Å². The standard InChI is InChI=1S/C11H24N2O3/c1-12(2)11(15)5-4-6-13(7-9-14)8-10-16-3/h14H,4-10H2,1-3H3. The molecule has 0 rings (SSSR count). The van der Waals surface area contributed by atoms with Crippen molar-refractivity contribution < 1.29 is 14.6 Å². The molecule has 0 radical (unpaired) electrons. The summed E-state index contributed by atoms with van der Waals surface area (Å²) in [7, 11) is 5.18. The van der Waals surface area contributed by atoms with E-state index >= 15 is 0 Å². The molecular formula is C11H24N2O3. The summed E-state index contributed by atoms with van der Waals surface area (Å²) in [6.07, 6.45) is 1.38. The third-order valence-electron chi connectivity index (χ3n) is 2.39. The molecule has 0 spiro atoms. The normalized spacial score (nSPS) is 10.8. The van der Waals surface area contributed by atoms with Gasteiger partial charge < -0.3 is 14.7 Å². The van der Waals surface area contributed by atoms with Crippen LogP contribution in [0.25, 0.3) is 0 Å². The van der Waals surface area contributed by atoms with Crippen molar-refractivity contribution in [3.8, 4) is 0 Å². The van der Waals surface area contributed by atoms with Crippen LogP contribution in [0.5, 0.6) is 0 Å². The Hall–Kier alpha value is -0.650. The fourth-order valence-corrected chi connectivity index (χ4v) is 1.37. The van der Waals surface area contributed by atoms with Crippen LogP contribution in [0.2, 0.25) is 0 Å². The number of aliphatic hydroxyl groups excluding tert-OH is 1. The molecule has 0 heterocycles. The predicted octanol–water partition coefficient (Wildman–Crippen LogP) is -0.204. The molecule has 0 aliphatic carbocycles. The van der Waals surface area contributed by atoms with Gasteiger partial charge in [0.1, 0.15) is 0 Å². The summed E-state index contributed by atoms with van der Waals surface area (Å²) in [6.45, 7) is 3.06. The number of carbonyl (C=O) groups excluding carboxylic acids is 1. The molecular weight excluding hydrogens is 208 g/mol. The fraction of sp³-hybridized carbons (Fsp3) is 0.909. The summed E-state index contributed by atoms with van der Waals surface area (Å²) >= 11 is 0. The Kier molecular flexibility index (Phi) is 9.18. The topological polar surface area (TPSA) is 53.0 Å². The Morgan fingerprint density at radius 1 is 1.25 bits per heavy atom. The number of aliphatic hydroxyl groups is 1. The number of carbonyl (C=O) groups is 1. The summed E-state index contributed by atoms with van der Waals surface area (Å²) in [5.74, 6) is 0.149. The van der Waals surface area contributed by atoms with E-state index < -0.39 is 0 Å². The second kappa shape index (κ2) is 9.57. The van der Waals surface area contributed by atoms with Gasteiger partial charge in [0.2, 0.25) is 5.91 Å². The average Bonchev–Trinajstić information content (AvgIpc) is 2.25. The minimum Gasteiger partial charge on any atom is -0.395 e. The number of nitrogens with zero attached hydrogens (tertiary/aromatic N) is 2. The van der Waals surface area contributed by atoms with Crippen LogP contribution in [0.15, 0.2) is 0 Å². The number of amides is 1. The molecule has 16 heavy (non-hydrogen) atoms. The highest BCUT2D eigenvalue weighted by Gasteiger charge is 2.07. The van der Waals surface area contributed by atoms with Gasteiger partial charge in [0.25, 0.3) is 0 Å². The van der Waals surface area contributed by atoms with Crippen molar-refractivity contribution >= 4 is 5.91 Å². The number of hydrogen-bond acceptors (Lipinski definition) is 4. The first-order chi connectivity index (χ1) is 7.61. The van der Waals surface area contributed by atoms with E-state index in [-0.39, 0.29) is 12.5 Å². The largest absolute Gasteiger partial charge is 0.395 e. The molecule has 96 valence electrons. The average molecular weight is 232 g/mol. The predicted molar refractivity (Wildman–Crippen MR) is 63.3 cm³/mol. The van der Waals surface area contributed by atoms with Gasteiger partial charge in [-0.1, -0.05) is 0 Å². The lowest BCUT2D eigenvalue weighted by atomic mass is 10.2. The lowest BCUT2D eigenvalue weighted by Gasteiger charge is -2.20. The third-order valence-corrected chi connectivity index (χ3v) is 2.39. The maximum Gasteiger partial charge on any atom is 0.222 e. The van der Waals surface area contributed by atoms with Crippen molar-refractivity contribution in [2.45, 2.75) is 12.8 Å². The van der Waals surface area contributed by atoms with Gasteiger partial charge >= 0.3 is 0 Å². The third kappa shape index (κ3) is 7.62. The molecule has 0 fully saturated rings. The van der Waals surface area contributed by atoms with E-state index in [0.717, 1.165) is 19.5 Å². The van der Waals surface area contributed by atoms with Gasteiger partial charge in [0.15, 0.2) is 0 Å². The smallest absolute Gasteiger partial charge is 0.222 e. The molecule has 0 atom stereocenters. The van der Waals surface area contributed by atoms with E-state index in [0.29, 0.717) is 19.6 Å². The van der Waals surface area contributed by atoms with Gasteiger partial charge in [-0.25, -0.2) is 0 Å². The fourth-order valence-electron chi connectivity index (χ4n) is 1.37. The van der Waals surface area contributed by atoms with Gasteiger partial charge in [0.05, 0.1) is 13.2 Å². The molecule has 0 saturated carbocycles. The van der Waals surface area contributed by atoms with Crippen molar-refractivity contribution in [1.82, 2.24) is 9.80 Å². The first-order valence-corrected chi connectivity index (χ1v) is 5.64. The van der Waals surface area contributed by atoms with E-state index in [1.807, 2.05) is 0 Å². The van der Waals surface area contributed by atoms with Crippen LogP contribution < -0.4 is 0 Å². The van der Waals surface area contributed by atoms with Gasteiger partial charge in [-0.05, 0) is 13.0 Å². The molecule has 0 aliphatic rings. The monoisotopic (exact) mass is 232 g/mol. The molecule has 0 unspecified atom stereocenters. The van der Waals surface area contributed by atoms with Crippen molar-refractivity contribution in [2.75, 3.05) is 54.1 Å². The molecule has 5 heteroatoms. The Morgan fingerprint density at radius 2 is 1.94 bits per heavy atom. The van der Waals surface area contributed by atoms with Crippen LogP contribution in [0, 0.1) is 0 Å². The number of hydrogen-bond donors (Lipinski definition) is 1. The highest BCUT2D eigenvalue weighted by Crippen LogP contribution is 1.97. The Labute approximate surface area is 98.0 Å². The molecule has 0 saturated heterocycles. The van der Waals surface area contributed by atoms with Crippen LogP contribution in [0.4, 0.5) is 0 Å². The Bertz CT molecular complexity index is 186. The zero-order chi connectivity index (χ0) is 12.4. The maximum absolute atomic E-state index is 11.3. The summed E-state index contributed by atoms with van der Waals surface area (Å²) in [6, 6.07) is 0. The summed E-state index contributed by atoms with van der Waals surface area (Å²) in [5.41, 5.74) is 0. The van der Waals surface area contributed by atoms with Crippen molar-refractivity contribution in [3.05, 3.63) is 0 Å². The number of methoxy groups -OCH3 is 1. The highest BCUT2D eigenvalue weighted by atomic mass is 16.5. The van der Waals surface area contributed by atoms with Gasteiger partial charge in [-0.3, -0.25) is 9.69 Å². The molecule has 5 nitrogen and oxygen atoms in total. The first-order valence-electron chi connectivity index (χ1n) is 5.64. The lowest BCUT2D eigenvalue weighted by Crippen LogP contribution is -2.32. The van der Waals surface area contributed by atoms with E-state index in [4.69, 9.17) is 9.84 Å². The molecule has 0 aromatic heterocycles. The Balaban J connectivity index is 3.70. The van der Waals surface area contributed by atoms with Crippen LogP contribution in [0.1, 0.15) is 12.8 Å². The van der Waals surface area contributed by atoms with E-state index in [1.165, 1.54) is 0 Å². The van der Waals surface area contributed by atoms with E-state index in [9.17, 15) is 4.79 Å². The number of ether oxygens (including phenoxy) is 1. The van der Waals surface area contributed by atoms with Crippen LogP contribution in [-0.4, -0.2) is 74.9 Å². The molecule has 1 N–H and O–H groups in total. The first kappa shape index (κ1) is 15.3. The highest BCUT2D eigenvalue weighted by molar-refractivity contribution is 5.75. The van der Waals surface area contributed by atoms with E-state index in [2.05, 4.69) is 4.90 Å². The molecule has 0 aromatic carbocycles. The van der Waals surface area contributed by atoms with Crippen molar-refractivity contribution in [3.63, 3.8) is 0 Å². The van der Waals surface area contributed by atoms with Crippen molar-refractivity contribution in [2.24, 2.45) is 0 Å². The van der Waals surface area contributed by atoms with Crippen LogP contribution in [-0.2, 0) is 9.53 Å². The van der Waals surface area contributed by atoms with Gasteiger partial charge in [-0.15, -0.1) is 0 Å². The summed E-state index contributed by atoms with van der Waals surface area (Å²) in [4.78, 5) is 15.0. The second-order valence-electron chi connectivity index (χ2n) is 3.95. The van der Waals surface area contributed by atoms with Crippen molar-refractivity contribution in [1.29, 1.82) is 0 Å². The quantitative estimate of drug-likeness (QED) is 0.598. The lowest BCUT2D eigenvalue weighted by molar-refractivity contribution is -0.128. The van der Waals surface area contributed by atoms with Crippen LogP contribution >= 0.6 is 0 Å². The minimum absolute atomic E-state index is 0.144. The zero-order valence-corrected chi connectivity index (χ0v) is 10.6. The van der Waals surface area contributed by atoms with E-state index in [1.54, 1.807) is 26.1 Å². The molecule has 0 aromatic rings. The zero-order valence-electron chi connectivity index (χ0n) is 10.6. The summed E-state index contributed by atoms with van der Waals surface area (Å²) < 4.78 is 4.99. The maximum atomic E-state index is 11.3. The SMILES string of the molecule is COCCN(CCO)CCCC(=O)N(C)C. The summed E-state index contributed by atoms with van der Waals surface area (Å²) in [5, 5.41) is 8.88. The Morgan fingerprint density at radius 3 is 2.44 bits per heavy atom. The minimum atomic E-state index is 0.144. The van der Waals surface area contributed by atoms with Gasteiger partial charge in [-0.2, -0.15) is 0 Å².